The van der Waals surface area contributed by atoms with Crippen molar-refractivity contribution in [3.63, 3.8) is 0 Å². The van der Waals surface area contributed by atoms with Gasteiger partial charge in [-0.05, 0) is 19.9 Å². The van der Waals surface area contributed by atoms with E-state index in [-0.39, 0.29) is 5.69 Å². The average Bonchev–Trinajstić information content (AvgIpc) is 2.99. The van der Waals surface area contributed by atoms with Crippen molar-refractivity contribution < 1.29 is 9.45 Å². The molecule has 3 rings (SSSR count). The Hall–Kier alpha value is -2.48. The average molecular weight is 304 g/mol. The Labute approximate surface area is 123 Å². The van der Waals surface area contributed by atoms with Crippen LogP contribution in [-0.4, -0.2) is 15.1 Å². The first-order chi connectivity index (χ1) is 10.0. The van der Waals surface area contributed by atoms with E-state index in [4.69, 9.17) is 4.52 Å². The van der Waals surface area contributed by atoms with Crippen molar-refractivity contribution in [3.8, 4) is 0 Å². The normalized spacial score (nSPS) is 11.0. The van der Waals surface area contributed by atoms with Gasteiger partial charge in [0.2, 0.25) is 0 Å². The quantitative estimate of drug-likeness (QED) is 0.586. The molecule has 2 heterocycles. The van der Waals surface area contributed by atoms with Crippen LogP contribution in [0.3, 0.4) is 0 Å². The number of nitrogens with zero attached hydrogens (tertiary/aromatic N) is 3. The van der Waals surface area contributed by atoms with Crippen molar-refractivity contribution >= 4 is 32.9 Å². The fourth-order valence-corrected chi connectivity index (χ4v) is 2.89. The summed E-state index contributed by atoms with van der Waals surface area (Å²) in [5.41, 5.74) is 1.97. The van der Waals surface area contributed by atoms with E-state index in [9.17, 15) is 10.1 Å². The fraction of sp³-hybridized carbons (Fsp3) is 0.231. The lowest BCUT2D eigenvalue weighted by molar-refractivity contribution is -0.383. The van der Waals surface area contributed by atoms with E-state index in [1.807, 2.05) is 13.8 Å². The first-order valence-electron chi connectivity index (χ1n) is 6.24. The molecule has 0 atom stereocenters. The predicted molar refractivity (Wildman–Crippen MR) is 79.6 cm³/mol. The Morgan fingerprint density at radius 1 is 1.38 bits per heavy atom. The largest absolute Gasteiger partial charge is 0.372 e. The van der Waals surface area contributed by atoms with E-state index >= 15 is 0 Å². The second-order valence-corrected chi connectivity index (χ2v) is 5.85. The zero-order chi connectivity index (χ0) is 15.0. The Morgan fingerprint density at radius 2 is 2.19 bits per heavy atom. The van der Waals surface area contributed by atoms with Gasteiger partial charge in [0.1, 0.15) is 5.69 Å². The minimum absolute atomic E-state index is 0.0300. The number of nitrogens with one attached hydrogen (secondary N) is 1. The molecule has 0 radical (unpaired) electrons. The van der Waals surface area contributed by atoms with Crippen LogP contribution in [0.15, 0.2) is 22.7 Å². The summed E-state index contributed by atoms with van der Waals surface area (Å²) in [7, 11) is 0. The smallest absolute Gasteiger partial charge is 0.293 e. The van der Waals surface area contributed by atoms with Gasteiger partial charge in [-0.25, -0.2) is 4.98 Å². The van der Waals surface area contributed by atoms with Crippen LogP contribution in [0.5, 0.6) is 0 Å². The van der Waals surface area contributed by atoms with Gasteiger partial charge in [-0.3, -0.25) is 10.1 Å². The molecule has 0 aliphatic rings. The number of nitro groups is 1. The molecule has 0 aliphatic heterocycles. The predicted octanol–water partition coefficient (Wildman–Crippen LogP) is 3.42. The molecule has 0 aliphatic carbocycles. The van der Waals surface area contributed by atoms with E-state index in [0.29, 0.717) is 18.0 Å². The lowest BCUT2D eigenvalue weighted by Gasteiger charge is -2.05. The van der Waals surface area contributed by atoms with Crippen LogP contribution < -0.4 is 5.32 Å². The maximum Gasteiger partial charge on any atom is 0.293 e. The first kappa shape index (κ1) is 13.5. The lowest BCUT2D eigenvalue weighted by atomic mass is 10.2. The van der Waals surface area contributed by atoms with Crippen LogP contribution in [0.2, 0.25) is 0 Å². The van der Waals surface area contributed by atoms with E-state index < -0.39 is 4.92 Å². The van der Waals surface area contributed by atoms with Gasteiger partial charge in [0, 0.05) is 12.1 Å². The van der Waals surface area contributed by atoms with Gasteiger partial charge in [-0.2, -0.15) is 0 Å². The van der Waals surface area contributed by atoms with Gasteiger partial charge in [-0.15, -0.1) is 11.3 Å². The molecule has 108 valence electrons. The van der Waals surface area contributed by atoms with Crippen LogP contribution >= 0.6 is 11.3 Å². The molecule has 0 amide bonds. The van der Waals surface area contributed by atoms with Crippen LogP contribution in [-0.2, 0) is 6.54 Å². The lowest BCUT2D eigenvalue weighted by Crippen LogP contribution is -2.02. The number of fused-ring (bicyclic) bond motifs is 1. The highest BCUT2D eigenvalue weighted by Crippen LogP contribution is 2.33. The zero-order valence-electron chi connectivity index (χ0n) is 11.4. The standard InChI is InChI=1S/C13H12N4O3S/c1-7-3-9(20-16-7)6-14-10-4-11-13(21-8(2)15-11)5-12(10)17(18)19/h3-5,14H,6H2,1-2H3. The molecule has 2 aromatic heterocycles. The molecular formula is C13H12N4O3S. The summed E-state index contributed by atoms with van der Waals surface area (Å²) in [4.78, 5) is 15.2. The molecule has 0 spiro atoms. The van der Waals surface area contributed by atoms with Crippen LogP contribution in [0.4, 0.5) is 11.4 Å². The van der Waals surface area contributed by atoms with Gasteiger partial charge in [-0.1, -0.05) is 5.16 Å². The van der Waals surface area contributed by atoms with Crippen molar-refractivity contribution in [2.45, 2.75) is 20.4 Å². The number of hydrogen-bond donors (Lipinski definition) is 1. The maximum absolute atomic E-state index is 11.2. The summed E-state index contributed by atoms with van der Waals surface area (Å²) in [5, 5.41) is 18.9. The topological polar surface area (TPSA) is 94.1 Å². The Morgan fingerprint density at radius 3 is 2.86 bits per heavy atom. The molecule has 8 heteroatoms. The number of benzene rings is 1. The first-order valence-corrected chi connectivity index (χ1v) is 7.06. The van der Waals surface area contributed by atoms with Crippen LogP contribution in [0.1, 0.15) is 16.5 Å². The summed E-state index contributed by atoms with van der Waals surface area (Å²) in [6, 6.07) is 5.03. The molecule has 3 aromatic rings. The summed E-state index contributed by atoms with van der Waals surface area (Å²) < 4.78 is 5.89. The van der Waals surface area contributed by atoms with Crippen molar-refractivity contribution in [1.82, 2.24) is 10.1 Å². The summed E-state index contributed by atoms with van der Waals surface area (Å²) >= 11 is 1.44. The SMILES string of the molecule is Cc1cc(CNc2cc3nc(C)sc3cc2[N+](=O)[O-])on1. The monoisotopic (exact) mass is 304 g/mol. The summed E-state index contributed by atoms with van der Waals surface area (Å²) in [6.45, 7) is 4.02. The minimum atomic E-state index is -0.400. The van der Waals surface area contributed by atoms with Gasteiger partial charge in [0.05, 0.1) is 32.4 Å². The van der Waals surface area contributed by atoms with Crippen LogP contribution in [0, 0.1) is 24.0 Å². The summed E-state index contributed by atoms with van der Waals surface area (Å²) in [6.07, 6.45) is 0. The molecule has 0 saturated heterocycles. The zero-order valence-corrected chi connectivity index (χ0v) is 12.2. The van der Waals surface area contributed by atoms with Gasteiger partial charge >= 0.3 is 0 Å². The van der Waals surface area contributed by atoms with Crippen LogP contribution in [0.25, 0.3) is 10.2 Å². The number of aromatic nitrogens is 2. The third kappa shape index (κ3) is 2.70. The van der Waals surface area contributed by atoms with Crippen molar-refractivity contribution in [2.75, 3.05) is 5.32 Å². The highest BCUT2D eigenvalue weighted by atomic mass is 32.1. The molecular weight excluding hydrogens is 292 g/mol. The highest BCUT2D eigenvalue weighted by molar-refractivity contribution is 7.18. The van der Waals surface area contributed by atoms with E-state index in [1.54, 1.807) is 18.2 Å². The Kier molecular flexibility index (Phi) is 3.30. The molecule has 0 bridgehead atoms. The van der Waals surface area contributed by atoms with Crippen molar-refractivity contribution in [2.24, 2.45) is 0 Å². The molecule has 0 saturated carbocycles. The summed E-state index contributed by atoms with van der Waals surface area (Å²) in [5.74, 6) is 0.622. The number of nitro benzene ring substituents is 1. The second-order valence-electron chi connectivity index (χ2n) is 4.62. The third-order valence-electron chi connectivity index (χ3n) is 2.94. The second kappa shape index (κ2) is 5.13. The van der Waals surface area contributed by atoms with Crippen molar-refractivity contribution in [1.29, 1.82) is 0 Å². The highest BCUT2D eigenvalue weighted by Gasteiger charge is 2.17. The van der Waals surface area contributed by atoms with E-state index in [1.165, 1.54) is 11.3 Å². The molecule has 1 aromatic carbocycles. The van der Waals surface area contributed by atoms with E-state index in [0.717, 1.165) is 20.9 Å². The maximum atomic E-state index is 11.2. The molecule has 1 N–H and O–H groups in total. The fourth-order valence-electron chi connectivity index (χ4n) is 2.05. The number of anilines is 1. The molecule has 0 unspecified atom stereocenters. The molecule has 0 fully saturated rings. The van der Waals surface area contributed by atoms with Gasteiger partial charge in [0.15, 0.2) is 5.76 Å². The minimum Gasteiger partial charge on any atom is -0.372 e. The number of hydrogen-bond acceptors (Lipinski definition) is 7. The molecule has 7 nitrogen and oxygen atoms in total. The Bertz CT molecular complexity index is 824. The van der Waals surface area contributed by atoms with Gasteiger partial charge in [0.25, 0.3) is 5.69 Å². The number of aryl methyl sites for hydroxylation is 2. The number of thiazole rings is 1. The van der Waals surface area contributed by atoms with Crippen molar-refractivity contribution in [3.05, 3.63) is 44.8 Å². The molecule has 21 heavy (non-hydrogen) atoms. The van der Waals surface area contributed by atoms with Gasteiger partial charge < -0.3 is 9.84 Å². The Balaban J connectivity index is 1.95. The van der Waals surface area contributed by atoms with E-state index in [2.05, 4.69) is 15.5 Å². The third-order valence-corrected chi connectivity index (χ3v) is 3.87. The number of rotatable bonds is 4.